The van der Waals surface area contributed by atoms with Gasteiger partial charge in [-0.3, -0.25) is 4.79 Å². The minimum Gasteiger partial charge on any atom is -0.374 e. The van der Waals surface area contributed by atoms with Gasteiger partial charge in [-0.15, -0.1) is 0 Å². The van der Waals surface area contributed by atoms with E-state index in [4.69, 9.17) is 9.47 Å². The summed E-state index contributed by atoms with van der Waals surface area (Å²) in [6, 6.07) is 0. The molecule has 1 fully saturated rings. The van der Waals surface area contributed by atoms with Gasteiger partial charge in [0.2, 0.25) is 6.41 Å². The molecule has 1 heterocycles. The second-order valence-electron chi connectivity index (χ2n) is 1.72. The molecule has 1 amide bonds. The van der Waals surface area contributed by atoms with Crippen LogP contribution in [0.3, 0.4) is 0 Å². The zero-order chi connectivity index (χ0) is 6.53. The summed E-state index contributed by atoms with van der Waals surface area (Å²) in [6.07, 6.45) is 0.371. The van der Waals surface area contributed by atoms with E-state index in [-0.39, 0.29) is 6.23 Å². The van der Waals surface area contributed by atoms with Gasteiger partial charge in [-0.05, 0) is 0 Å². The molecule has 4 nitrogen and oxygen atoms in total. The van der Waals surface area contributed by atoms with Crippen molar-refractivity contribution >= 4 is 6.41 Å². The normalized spacial score (nSPS) is 27.3. The molecule has 1 aliphatic heterocycles. The van der Waals surface area contributed by atoms with Gasteiger partial charge in [0.1, 0.15) is 0 Å². The summed E-state index contributed by atoms with van der Waals surface area (Å²) < 4.78 is 10.0. The molecular weight excluding hydrogens is 122 g/mol. The molecule has 52 valence electrons. The molecule has 0 saturated carbocycles. The van der Waals surface area contributed by atoms with E-state index in [1.807, 2.05) is 0 Å². The van der Waals surface area contributed by atoms with Crippen molar-refractivity contribution in [1.29, 1.82) is 0 Å². The summed E-state index contributed by atoms with van der Waals surface area (Å²) in [4.78, 5) is 9.83. The Balaban J connectivity index is 2.15. The van der Waals surface area contributed by atoms with Crippen molar-refractivity contribution in [2.24, 2.45) is 0 Å². The zero-order valence-corrected chi connectivity index (χ0v) is 5.00. The maximum atomic E-state index is 9.83. The number of amides is 1. The van der Waals surface area contributed by atoms with Crippen LogP contribution in [0.2, 0.25) is 0 Å². The molecule has 1 N–H and O–H groups in total. The monoisotopic (exact) mass is 131 g/mol. The number of hydrogen-bond acceptors (Lipinski definition) is 3. The van der Waals surface area contributed by atoms with Gasteiger partial charge in [0, 0.05) is 0 Å². The molecule has 0 radical (unpaired) electrons. The van der Waals surface area contributed by atoms with Crippen molar-refractivity contribution in [1.82, 2.24) is 5.32 Å². The number of carbonyl (C=O) groups is 1. The number of rotatable bonds is 2. The Morgan fingerprint density at radius 1 is 1.56 bits per heavy atom. The van der Waals surface area contributed by atoms with E-state index in [0.29, 0.717) is 26.2 Å². The van der Waals surface area contributed by atoms with E-state index in [9.17, 15) is 4.79 Å². The van der Waals surface area contributed by atoms with Crippen molar-refractivity contribution in [2.45, 2.75) is 6.23 Å². The molecular formula is C5H9NO3. The summed E-state index contributed by atoms with van der Waals surface area (Å²) in [6.45, 7) is 1.64. The summed E-state index contributed by atoms with van der Waals surface area (Å²) in [5.74, 6) is 0. The van der Waals surface area contributed by atoms with Crippen LogP contribution in [0, 0.1) is 0 Å². The van der Waals surface area contributed by atoms with E-state index in [0.717, 1.165) is 0 Å². The molecule has 1 saturated heterocycles. The summed E-state index contributed by atoms with van der Waals surface area (Å²) >= 11 is 0. The highest BCUT2D eigenvalue weighted by Gasteiger charge is 2.11. The number of nitrogens with one attached hydrogen (secondary N) is 1. The van der Waals surface area contributed by atoms with Gasteiger partial charge in [0.25, 0.3) is 0 Å². The first kappa shape index (κ1) is 6.51. The minimum absolute atomic E-state index is 0.240. The lowest BCUT2D eigenvalue weighted by Crippen LogP contribution is -2.39. The van der Waals surface area contributed by atoms with Gasteiger partial charge in [0.15, 0.2) is 6.23 Å². The third-order valence-corrected chi connectivity index (χ3v) is 1.07. The van der Waals surface area contributed by atoms with Crippen LogP contribution in [0.1, 0.15) is 0 Å². The summed E-state index contributed by atoms with van der Waals surface area (Å²) in [5, 5.41) is 2.46. The molecule has 1 unspecified atom stereocenters. The summed E-state index contributed by atoms with van der Waals surface area (Å²) in [7, 11) is 0. The molecule has 1 rings (SSSR count). The van der Waals surface area contributed by atoms with Gasteiger partial charge < -0.3 is 14.8 Å². The van der Waals surface area contributed by atoms with Crippen molar-refractivity contribution in [3.63, 3.8) is 0 Å². The van der Waals surface area contributed by atoms with Crippen molar-refractivity contribution in [3.05, 3.63) is 0 Å². The zero-order valence-electron chi connectivity index (χ0n) is 5.00. The molecule has 0 aromatic carbocycles. The van der Waals surface area contributed by atoms with Crippen molar-refractivity contribution in [2.75, 3.05) is 19.8 Å². The third-order valence-electron chi connectivity index (χ3n) is 1.07. The third kappa shape index (κ3) is 1.99. The standard InChI is InChI=1S/C5H9NO3/c7-4-6-5-3-8-1-2-9-5/h4-5H,1-3H2,(H,6,7). The van der Waals surface area contributed by atoms with Gasteiger partial charge in [-0.2, -0.15) is 0 Å². The van der Waals surface area contributed by atoms with E-state index < -0.39 is 0 Å². The first-order valence-corrected chi connectivity index (χ1v) is 2.82. The highest BCUT2D eigenvalue weighted by Crippen LogP contribution is 1.94. The second kappa shape index (κ2) is 3.42. The van der Waals surface area contributed by atoms with Crippen LogP contribution in [0.5, 0.6) is 0 Å². The van der Waals surface area contributed by atoms with E-state index in [2.05, 4.69) is 5.32 Å². The number of ether oxygens (including phenoxy) is 2. The molecule has 9 heavy (non-hydrogen) atoms. The van der Waals surface area contributed by atoms with Gasteiger partial charge in [-0.1, -0.05) is 0 Å². The predicted molar refractivity (Wildman–Crippen MR) is 29.8 cm³/mol. The topological polar surface area (TPSA) is 47.6 Å². The first-order valence-electron chi connectivity index (χ1n) is 2.82. The number of hydrogen-bond donors (Lipinski definition) is 1. The van der Waals surface area contributed by atoms with Crippen LogP contribution in [0.25, 0.3) is 0 Å². The largest absolute Gasteiger partial charge is 0.374 e. The molecule has 1 atom stereocenters. The molecule has 0 aliphatic carbocycles. The Bertz CT molecular complexity index is 90.2. The Kier molecular flexibility index (Phi) is 2.48. The van der Waals surface area contributed by atoms with Crippen LogP contribution in [0.4, 0.5) is 0 Å². The Morgan fingerprint density at radius 2 is 2.44 bits per heavy atom. The van der Waals surface area contributed by atoms with Crippen LogP contribution in [-0.4, -0.2) is 32.5 Å². The number of carbonyl (C=O) groups excluding carboxylic acids is 1. The maximum absolute atomic E-state index is 9.83. The smallest absolute Gasteiger partial charge is 0.209 e. The highest BCUT2D eigenvalue weighted by molar-refractivity contribution is 5.46. The van der Waals surface area contributed by atoms with Crippen molar-refractivity contribution in [3.8, 4) is 0 Å². The second-order valence-corrected chi connectivity index (χ2v) is 1.72. The Morgan fingerprint density at radius 3 is 3.00 bits per heavy atom. The first-order chi connectivity index (χ1) is 4.43. The average molecular weight is 131 g/mol. The lowest BCUT2D eigenvalue weighted by molar-refractivity contribution is -0.126. The van der Waals surface area contributed by atoms with E-state index >= 15 is 0 Å². The SMILES string of the molecule is O=CNC1COCCO1. The molecule has 0 spiro atoms. The lowest BCUT2D eigenvalue weighted by Gasteiger charge is -2.21. The Hall–Kier alpha value is -0.610. The van der Waals surface area contributed by atoms with Gasteiger partial charge in [-0.25, -0.2) is 0 Å². The van der Waals surface area contributed by atoms with Crippen LogP contribution in [0.15, 0.2) is 0 Å². The lowest BCUT2D eigenvalue weighted by atomic mass is 10.5. The average Bonchev–Trinajstić information content (AvgIpc) is 1.91. The fourth-order valence-electron chi connectivity index (χ4n) is 0.660. The molecule has 0 bridgehead atoms. The van der Waals surface area contributed by atoms with E-state index in [1.165, 1.54) is 0 Å². The van der Waals surface area contributed by atoms with Crippen LogP contribution < -0.4 is 5.32 Å². The maximum Gasteiger partial charge on any atom is 0.209 e. The fraction of sp³-hybridized carbons (Fsp3) is 0.800. The van der Waals surface area contributed by atoms with Gasteiger partial charge in [0.05, 0.1) is 19.8 Å². The summed E-state index contributed by atoms with van der Waals surface area (Å²) in [5.41, 5.74) is 0. The van der Waals surface area contributed by atoms with Crippen LogP contribution in [-0.2, 0) is 14.3 Å². The molecule has 4 heteroatoms. The van der Waals surface area contributed by atoms with Crippen LogP contribution >= 0.6 is 0 Å². The quantitative estimate of drug-likeness (QED) is 0.494. The van der Waals surface area contributed by atoms with Gasteiger partial charge >= 0.3 is 0 Å². The van der Waals surface area contributed by atoms with Crippen molar-refractivity contribution < 1.29 is 14.3 Å². The molecule has 0 aromatic heterocycles. The highest BCUT2D eigenvalue weighted by atomic mass is 16.6. The molecule has 1 aliphatic rings. The predicted octanol–water partition coefficient (Wildman–Crippen LogP) is -0.895. The fourth-order valence-corrected chi connectivity index (χ4v) is 0.660. The minimum atomic E-state index is -0.240. The van der Waals surface area contributed by atoms with E-state index in [1.54, 1.807) is 0 Å². The Labute approximate surface area is 53.1 Å². The molecule has 0 aromatic rings.